The number of hydrogen-bond donors (Lipinski definition) is 1. The van der Waals surface area contributed by atoms with E-state index < -0.39 is 5.97 Å². The van der Waals surface area contributed by atoms with Crippen LogP contribution in [0.3, 0.4) is 0 Å². The second-order valence-electron chi connectivity index (χ2n) is 6.50. The molecule has 0 radical (unpaired) electrons. The summed E-state index contributed by atoms with van der Waals surface area (Å²) in [7, 11) is 0. The quantitative estimate of drug-likeness (QED) is 0.178. The number of ether oxygens (including phenoxy) is 3. The lowest BCUT2D eigenvalue weighted by Crippen LogP contribution is -2.19. The first-order valence-corrected chi connectivity index (χ1v) is 10.5. The van der Waals surface area contributed by atoms with Crippen LogP contribution in [0.2, 0.25) is 0 Å². The molecule has 0 bridgehead atoms. The molecule has 1 N–H and O–H groups in total. The number of carbonyl (C=O) groups excluding carboxylic acids is 2. The molecule has 3 aromatic rings. The highest BCUT2D eigenvalue weighted by Crippen LogP contribution is 2.30. The van der Waals surface area contributed by atoms with Crippen LogP contribution in [-0.4, -0.2) is 31.3 Å². The largest absolute Gasteiger partial charge is 0.486 e. The van der Waals surface area contributed by atoms with Gasteiger partial charge in [-0.3, -0.25) is 4.79 Å². The Balaban J connectivity index is 1.34. The standard InChI is InChI=1S/C23H17IN2O5/c24-19-4-2-1-3-18(19)23(28)31-17-8-5-15(6-9-17)14-25-26-22(27)16-7-10-20-21(13-16)30-12-11-29-20/h1-10,13-14H,11-12H2,(H,26,27). The van der Waals surface area contributed by atoms with Crippen LogP contribution >= 0.6 is 22.6 Å². The van der Waals surface area contributed by atoms with Crippen LogP contribution in [-0.2, 0) is 0 Å². The minimum atomic E-state index is -0.418. The summed E-state index contributed by atoms with van der Waals surface area (Å²) in [4.78, 5) is 24.6. The van der Waals surface area contributed by atoms with Gasteiger partial charge in [0.1, 0.15) is 19.0 Å². The zero-order valence-corrected chi connectivity index (χ0v) is 18.4. The first-order chi connectivity index (χ1) is 15.1. The van der Waals surface area contributed by atoms with Gasteiger partial charge in [0.15, 0.2) is 11.5 Å². The fourth-order valence-electron chi connectivity index (χ4n) is 2.83. The van der Waals surface area contributed by atoms with E-state index in [0.717, 1.165) is 9.13 Å². The lowest BCUT2D eigenvalue weighted by atomic mass is 10.2. The van der Waals surface area contributed by atoms with Crippen molar-refractivity contribution in [3.8, 4) is 17.2 Å². The van der Waals surface area contributed by atoms with Crippen LogP contribution in [0.5, 0.6) is 17.2 Å². The zero-order chi connectivity index (χ0) is 21.6. The lowest BCUT2D eigenvalue weighted by Gasteiger charge is -2.18. The Morgan fingerprint density at radius 1 is 0.968 bits per heavy atom. The fraction of sp³-hybridized carbons (Fsp3) is 0.0870. The van der Waals surface area contributed by atoms with Crippen LogP contribution in [0.25, 0.3) is 0 Å². The van der Waals surface area contributed by atoms with Crippen molar-refractivity contribution >= 4 is 40.7 Å². The molecule has 0 saturated carbocycles. The maximum atomic E-state index is 12.3. The van der Waals surface area contributed by atoms with E-state index in [1.54, 1.807) is 54.6 Å². The molecule has 1 heterocycles. The van der Waals surface area contributed by atoms with Crippen molar-refractivity contribution in [2.24, 2.45) is 5.10 Å². The molecule has 0 aromatic heterocycles. The molecule has 4 rings (SSSR count). The summed E-state index contributed by atoms with van der Waals surface area (Å²) in [5.41, 5.74) is 4.14. The topological polar surface area (TPSA) is 86.2 Å². The van der Waals surface area contributed by atoms with Crippen molar-refractivity contribution in [3.63, 3.8) is 0 Å². The van der Waals surface area contributed by atoms with E-state index in [9.17, 15) is 9.59 Å². The third-order valence-corrected chi connectivity index (χ3v) is 5.31. The summed E-state index contributed by atoms with van der Waals surface area (Å²) in [5.74, 6) is 0.795. The Labute approximate surface area is 192 Å². The second kappa shape index (κ2) is 9.61. The number of nitrogens with one attached hydrogen (secondary N) is 1. The summed E-state index contributed by atoms with van der Waals surface area (Å²) in [6, 6.07) is 19.0. The smallest absolute Gasteiger partial charge is 0.344 e. The normalized spacial score (nSPS) is 12.4. The minimum absolute atomic E-state index is 0.365. The van der Waals surface area contributed by atoms with Crippen molar-refractivity contribution in [2.45, 2.75) is 0 Å². The van der Waals surface area contributed by atoms with Crippen molar-refractivity contribution in [2.75, 3.05) is 13.2 Å². The highest BCUT2D eigenvalue weighted by Gasteiger charge is 2.15. The van der Waals surface area contributed by atoms with Gasteiger partial charge in [-0.1, -0.05) is 12.1 Å². The second-order valence-corrected chi connectivity index (χ2v) is 7.66. The molecule has 31 heavy (non-hydrogen) atoms. The van der Waals surface area contributed by atoms with Gasteiger partial charge in [-0.2, -0.15) is 5.10 Å². The van der Waals surface area contributed by atoms with Gasteiger partial charge in [-0.25, -0.2) is 10.2 Å². The Morgan fingerprint density at radius 2 is 1.71 bits per heavy atom. The monoisotopic (exact) mass is 528 g/mol. The number of esters is 1. The van der Waals surface area contributed by atoms with Crippen LogP contribution in [0.15, 0.2) is 71.8 Å². The number of halogens is 1. The Hall–Kier alpha value is -3.40. The molecule has 0 unspecified atom stereocenters. The van der Waals surface area contributed by atoms with E-state index in [0.29, 0.717) is 41.6 Å². The molecule has 156 valence electrons. The summed E-state index contributed by atoms with van der Waals surface area (Å²) >= 11 is 2.09. The minimum Gasteiger partial charge on any atom is -0.486 e. The Morgan fingerprint density at radius 3 is 2.48 bits per heavy atom. The SMILES string of the molecule is O=C(NN=Cc1ccc(OC(=O)c2ccccc2I)cc1)c1ccc2c(c1)OCCO2. The molecule has 0 aliphatic carbocycles. The predicted octanol–water partition coefficient (Wildman–Crippen LogP) is 4.05. The summed E-state index contributed by atoms with van der Waals surface area (Å²) in [6.45, 7) is 0.943. The van der Waals surface area contributed by atoms with Gasteiger partial charge in [-0.05, 0) is 82.8 Å². The van der Waals surface area contributed by atoms with Crippen molar-refractivity contribution in [1.29, 1.82) is 0 Å². The first kappa shape index (κ1) is 20.9. The average molecular weight is 528 g/mol. The van der Waals surface area contributed by atoms with Crippen molar-refractivity contribution in [1.82, 2.24) is 5.43 Å². The van der Waals surface area contributed by atoms with E-state index in [1.807, 2.05) is 12.1 Å². The number of hydrazone groups is 1. The number of benzene rings is 3. The number of nitrogens with zero attached hydrogens (tertiary/aromatic N) is 1. The van der Waals surface area contributed by atoms with Gasteiger partial charge in [0, 0.05) is 9.13 Å². The number of rotatable bonds is 5. The molecule has 8 heteroatoms. The Bertz CT molecular complexity index is 1140. The maximum absolute atomic E-state index is 12.3. The Kier molecular flexibility index (Phi) is 6.46. The number of carbonyl (C=O) groups is 2. The van der Waals surface area contributed by atoms with E-state index in [-0.39, 0.29) is 5.91 Å². The third-order valence-electron chi connectivity index (χ3n) is 4.37. The maximum Gasteiger partial charge on any atom is 0.344 e. The molecular weight excluding hydrogens is 511 g/mol. The van der Waals surface area contributed by atoms with Gasteiger partial charge in [-0.15, -0.1) is 0 Å². The molecule has 1 amide bonds. The van der Waals surface area contributed by atoms with Gasteiger partial charge in [0.2, 0.25) is 0 Å². The van der Waals surface area contributed by atoms with E-state index >= 15 is 0 Å². The van der Waals surface area contributed by atoms with Crippen molar-refractivity contribution in [3.05, 3.63) is 87.0 Å². The summed E-state index contributed by atoms with van der Waals surface area (Å²) in [6.07, 6.45) is 1.50. The van der Waals surface area contributed by atoms with Gasteiger partial charge < -0.3 is 14.2 Å². The zero-order valence-electron chi connectivity index (χ0n) is 16.2. The van der Waals surface area contributed by atoms with Gasteiger partial charge >= 0.3 is 5.97 Å². The molecule has 0 saturated heterocycles. The summed E-state index contributed by atoms with van der Waals surface area (Å²) < 4.78 is 17.1. The third kappa shape index (κ3) is 5.21. The lowest BCUT2D eigenvalue weighted by molar-refractivity contribution is 0.0733. The molecule has 1 aliphatic heterocycles. The van der Waals surface area contributed by atoms with E-state index in [4.69, 9.17) is 14.2 Å². The number of hydrogen-bond acceptors (Lipinski definition) is 6. The van der Waals surface area contributed by atoms with Crippen LogP contribution < -0.4 is 19.6 Å². The molecular formula is C23H17IN2O5. The molecule has 7 nitrogen and oxygen atoms in total. The molecule has 3 aromatic carbocycles. The first-order valence-electron chi connectivity index (χ1n) is 9.40. The summed E-state index contributed by atoms with van der Waals surface area (Å²) in [5, 5.41) is 3.97. The molecule has 0 fully saturated rings. The van der Waals surface area contributed by atoms with E-state index in [2.05, 4.69) is 33.1 Å². The van der Waals surface area contributed by atoms with Crippen LogP contribution in [0.4, 0.5) is 0 Å². The van der Waals surface area contributed by atoms with Crippen LogP contribution in [0, 0.1) is 3.57 Å². The van der Waals surface area contributed by atoms with Crippen LogP contribution in [0.1, 0.15) is 26.3 Å². The molecule has 1 aliphatic rings. The average Bonchev–Trinajstić information content (AvgIpc) is 2.80. The molecule has 0 atom stereocenters. The molecule has 0 spiro atoms. The van der Waals surface area contributed by atoms with Gasteiger partial charge in [0.05, 0.1) is 11.8 Å². The fourth-order valence-corrected chi connectivity index (χ4v) is 3.43. The highest BCUT2D eigenvalue weighted by molar-refractivity contribution is 14.1. The highest BCUT2D eigenvalue weighted by atomic mass is 127. The van der Waals surface area contributed by atoms with Gasteiger partial charge in [0.25, 0.3) is 5.91 Å². The van der Waals surface area contributed by atoms with Crippen molar-refractivity contribution < 1.29 is 23.8 Å². The number of amides is 1. The number of fused-ring (bicyclic) bond motifs is 1. The predicted molar refractivity (Wildman–Crippen MR) is 123 cm³/mol. The van der Waals surface area contributed by atoms with E-state index in [1.165, 1.54) is 6.21 Å².